The van der Waals surface area contributed by atoms with Crippen LogP contribution in [-0.2, 0) is 9.53 Å². The molecule has 9 nitrogen and oxygen atoms in total. The van der Waals surface area contributed by atoms with Gasteiger partial charge in [-0.1, -0.05) is 12.1 Å². The molecule has 10 heteroatoms. The monoisotopic (exact) mass is 457 g/mol. The predicted molar refractivity (Wildman–Crippen MR) is 124 cm³/mol. The van der Waals surface area contributed by atoms with E-state index in [2.05, 4.69) is 15.1 Å². The minimum Gasteiger partial charge on any atom is -0.465 e. The van der Waals surface area contributed by atoms with E-state index in [0.29, 0.717) is 27.3 Å². The molecular formula is C23H15N5O4S. The SMILES string of the molecule is COC(=O)c1ccc(-c2ccc(/C=C3/C(=N)N4N=C(c5cccnc5)SC4=NC3=O)o2)cc1. The molecule has 1 N–H and O–H groups in total. The van der Waals surface area contributed by atoms with Crippen LogP contribution in [0.25, 0.3) is 17.4 Å². The van der Waals surface area contributed by atoms with Gasteiger partial charge in [0.15, 0.2) is 5.84 Å². The molecule has 0 radical (unpaired) electrons. The van der Waals surface area contributed by atoms with E-state index in [1.807, 2.05) is 6.07 Å². The highest BCUT2D eigenvalue weighted by Crippen LogP contribution is 2.31. The number of fused-ring (bicyclic) bond motifs is 1. The molecule has 33 heavy (non-hydrogen) atoms. The lowest BCUT2D eigenvalue weighted by molar-refractivity contribution is -0.114. The number of nitrogens with zero attached hydrogens (tertiary/aromatic N) is 4. The normalized spacial score (nSPS) is 16.5. The standard InChI is InChI=1S/C23H15N5O4S/c1-31-22(30)14-6-4-13(5-7-14)18-9-8-16(32-18)11-17-19(24)28-23(26-20(17)29)33-21(27-28)15-3-2-10-25-12-15/h2-12,24H,1H3/b17-11-,24-19?. The first-order chi connectivity index (χ1) is 16.0. The van der Waals surface area contributed by atoms with Crippen molar-refractivity contribution in [3.05, 3.63) is 83.4 Å². The number of hydrazone groups is 1. The number of amides is 1. The summed E-state index contributed by atoms with van der Waals surface area (Å²) in [5.74, 6) is -0.114. The van der Waals surface area contributed by atoms with Crippen LogP contribution < -0.4 is 0 Å². The summed E-state index contributed by atoms with van der Waals surface area (Å²) < 4.78 is 10.5. The van der Waals surface area contributed by atoms with Gasteiger partial charge >= 0.3 is 5.97 Å². The lowest BCUT2D eigenvalue weighted by atomic mass is 10.1. The summed E-state index contributed by atoms with van der Waals surface area (Å²) in [5, 5.41) is 15.2. The molecule has 1 amide bonds. The first kappa shape index (κ1) is 20.6. The van der Waals surface area contributed by atoms with E-state index >= 15 is 0 Å². The van der Waals surface area contributed by atoms with Crippen molar-refractivity contribution in [3.63, 3.8) is 0 Å². The Balaban J connectivity index is 1.40. The van der Waals surface area contributed by atoms with Gasteiger partial charge in [-0.05, 0) is 54.2 Å². The van der Waals surface area contributed by atoms with E-state index in [0.717, 1.165) is 11.1 Å². The summed E-state index contributed by atoms with van der Waals surface area (Å²) in [6, 6.07) is 13.8. The van der Waals surface area contributed by atoms with Crippen molar-refractivity contribution in [1.29, 1.82) is 5.41 Å². The van der Waals surface area contributed by atoms with Crippen molar-refractivity contribution >= 4 is 45.8 Å². The number of hydrogen-bond donors (Lipinski definition) is 1. The first-order valence-electron chi connectivity index (χ1n) is 9.72. The minimum absolute atomic E-state index is 0.0671. The van der Waals surface area contributed by atoms with Crippen molar-refractivity contribution in [3.8, 4) is 11.3 Å². The Morgan fingerprint density at radius 1 is 1.15 bits per heavy atom. The molecule has 0 spiro atoms. The Morgan fingerprint density at radius 2 is 1.97 bits per heavy atom. The van der Waals surface area contributed by atoms with Crippen LogP contribution >= 0.6 is 11.8 Å². The third-order valence-corrected chi connectivity index (χ3v) is 5.82. The maximum Gasteiger partial charge on any atom is 0.337 e. The van der Waals surface area contributed by atoms with Crippen molar-refractivity contribution in [1.82, 2.24) is 9.99 Å². The third-order valence-electron chi connectivity index (χ3n) is 4.87. The topological polar surface area (TPSA) is 121 Å². The van der Waals surface area contributed by atoms with Crippen LogP contribution in [0.5, 0.6) is 0 Å². The molecule has 2 aromatic heterocycles. The minimum atomic E-state index is -0.540. The van der Waals surface area contributed by atoms with Crippen LogP contribution in [0.15, 0.2) is 81.0 Å². The number of esters is 1. The van der Waals surface area contributed by atoms with Gasteiger partial charge in [0.05, 0.1) is 18.2 Å². The predicted octanol–water partition coefficient (Wildman–Crippen LogP) is 3.80. The fourth-order valence-corrected chi connectivity index (χ4v) is 4.10. The number of amidine groups is 2. The van der Waals surface area contributed by atoms with Crippen molar-refractivity contribution in [2.75, 3.05) is 7.11 Å². The number of thioether (sulfide) groups is 1. The van der Waals surface area contributed by atoms with E-state index in [1.165, 1.54) is 30.0 Å². The number of benzene rings is 1. The van der Waals surface area contributed by atoms with Crippen molar-refractivity contribution < 1.29 is 18.7 Å². The van der Waals surface area contributed by atoms with Crippen LogP contribution in [0, 0.1) is 5.41 Å². The average Bonchev–Trinajstić information content (AvgIpc) is 3.49. The zero-order chi connectivity index (χ0) is 22.9. The molecular weight excluding hydrogens is 442 g/mol. The summed E-state index contributed by atoms with van der Waals surface area (Å²) in [6.07, 6.45) is 4.79. The average molecular weight is 457 g/mol. The van der Waals surface area contributed by atoms with Gasteiger partial charge in [0.1, 0.15) is 16.6 Å². The maximum absolute atomic E-state index is 12.6. The number of ether oxygens (including phenoxy) is 1. The molecule has 0 saturated carbocycles. The summed E-state index contributed by atoms with van der Waals surface area (Å²) in [4.78, 5) is 32.4. The fraction of sp³-hybridized carbons (Fsp3) is 0.0435. The van der Waals surface area contributed by atoms with Gasteiger partial charge < -0.3 is 9.15 Å². The lowest BCUT2D eigenvalue weighted by Gasteiger charge is -2.19. The molecule has 3 aromatic rings. The number of aliphatic imine (C=N–C) groups is 1. The molecule has 2 aliphatic rings. The second kappa shape index (κ2) is 8.32. The van der Waals surface area contributed by atoms with Gasteiger partial charge in [0.2, 0.25) is 5.17 Å². The van der Waals surface area contributed by atoms with E-state index in [9.17, 15) is 9.59 Å². The zero-order valence-corrected chi connectivity index (χ0v) is 18.0. The molecule has 0 saturated heterocycles. The maximum atomic E-state index is 12.6. The number of methoxy groups -OCH3 is 1. The van der Waals surface area contributed by atoms with E-state index in [4.69, 9.17) is 14.6 Å². The molecule has 1 aromatic carbocycles. The highest BCUT2D eigenvalue weighted by atomic mass is 32.2. The molecule has 0 aliphatic carbocycles. The highest BCUT2D eigenvalue weighted by molar-refractivity contribution is 8.27. The number of rotatable bonds is 4. The summed E-state index contributed by atoms with van der Waals surface area (Å²) in [6.45, 7) is 0. The Morgan fingerprint density at radius 3 is 2.70 bits per heavy atom. The van der Waals surface area contributed by atoms with E-state index < -0.39 is 11.9 Å². The van der Waals surface area contributed by atoms with Gasteiger partial charge in [0, 0.05) is 23.5 Å². The Bertz CT molecular complexity index is 1370. The number of nitrogens with one attached hydrogen (secondary N) is 1. The number of hydrogen-bond acceptors (Lipinski definition) is 8. The van der Waals surface area contributed by atoms with Crippen molar-refractivity contribution in [2.45, 2.75) is 0 Å². The smallest absolute Gasteiger partial charge is 0.337 e. The zero-order valence-electron chi connectivity index (χ0n) is 17.2. The van der Waals surface area contributed by atoms with Crippen LogP contribution in [0.1, 0.15) is 21.7 Å². The fourth-order valence-electron chi connectivity index (χ4n) is 3.21. The number of aromatic nitrogens is 1. The summed E-state index contributed by atoms with van der Waals surface area (Å²) >= 11 is 1.21. The Labute approximate surface area is 192 Å². The number of pyridine rings is 1. The number of furan rings is 1. The van der Waals surface area contributed by atoms with Crippen LogP contribution in [-0.4, -0.2) is 45.0 Å². The molecule has 0 bridgehead atoms. The summed E-state index contributed by atoms with van der Waals surface area (Å²) in [5.41, 5.74) is 2.02. The second-order valence-corrected chi connectivity index (χ2v) is 7.89. The molecule has 0 unspecified atom stereocenters. The van der Waals surface area contributed by atoms with Crippen LogP contribution in [0.3, 0.4) is 0 Å². The molecule has 0 atom stereocenters. The van der Waals surface area contributed by atoms with Gasteiger partial charge in [0.25, 0.3) is 5.91 Å². The first-order valence-corrected chi connectivity index (χ1v) is 10.5. The van der Waals surface area contributed by atoms with Gasteiger partial charge in [-0.2, -0.15) is 15.1 Å². The molecule has 2 aliphatic heterocycles. The Kier molecular flexibility index (Phi) is 5.19. The van der Waals surface area contributed by atoms with E-state index in [1.54, 1.807) is 54.9 Å². The lowest BCUT2D eigenvalue weighted by Crippen LogP contribution is -2.35. The second-order valence-electron chi connectivity index (χ2n) is 6.94. The van der Waals surface area contributed by atoms with Crippen molar-refractivity contribution in [2.24, 2.45) is 10.1 Å². The molecule has 162 valence electrons. The van der Waals surface area contributed by atoms with Gasteiger partial charge in [-0.25, -0.2) is 4.79 Å². The molecule has 0 fully saturated rings. The summed E-state index contributed by atoms with van der Waals surface area (Å²) in [7, 11) is 1.32. The third kappa shape index (κ3) is 3.87. The Hall–Kier alpha value is -4.31. The van der Waals surface area contributed by atoms with Gasteiger partial charge in [-0.15, -0.1) is 0 Å². The molecule has 5 rings (SSSR count). The largest absolute Gasteiger partial charge is 0.465 e. The van der Waals surface area contributed by atoms with Crippen LogP contribution in [0.4, 0.5) is 0 Å². The highest BCUT2D eigenvalue weighted by Gasteiger charge is 2.36. The van der Waals surface area contributed by atoms with Crippen LogP contribution in [0.2, 0.25) is 0 Å². The van der Waals surface area contributed by atoms with Gasteiger partial charge in [-0.3, -0.25) is 15.2 Å². The quantitative estimate of drug-likeness (QED) is 0.467. The number of carbonyl (C=O) groups is 2. The van der Waals surface area contributed by atoms with E-state index in [-0.39, 0.29) is 11.4 Å². The molecule has 4 heterocycles. The number of carbonyl (C=O) groups excluding carboxylic acids is 2.